The molecule has 2 fully saturated rings. The number of hydrogen-bond donors (Lipinski definition) is 2. The molecule has 0 aromatic carbocycles. The van der Waals surface area contributed by atoms with Crippen LogP contribution in [0.5, 0.6) is 0 Å². The van der Waals surface area contributed by atoms with Crippen molar-refractivity contribution >= 4 is 0 Å². The van der Waals surface area contributed by atoms with Crippen LogP contribution in [-0.2, 0) is 0 Å². The molecule has 2 aliphatic heterocycles. The third-order valence-electron chi connectivity index (χ3n) is 3.28. The second-order valence-electron chi connectivity index (χ2n) is 4.51. The van der Waals surface area contributed by atoms with E-state index in [-0.39, 0.29) is 0 Å². The molecule has 0 aromatic heterocycles. The molecule has 3 nitrogen and oxygen atoms in total. The summed E-state index contributed by atoms with van der Waals surface area (Å²) in [5, 5.41) is 6.99. The zero-order valence-corrected chi connectivity index (χ0v) is 8.55. The summed E-state index contributed by atoms with van der Waals surface area (Å²) in [6.07, 6.45) is 2.66. The molecule has 2 rings (SSSR count). The highest BCUT2D eigenvalue weighted by atomic mass is 15.1. The maximum absolute atomic E-state index is 3.68. The van der Waals surface area contributed by atoms with E-state index < -0.39 is 0 Å². The minimum Gasteiger partial charge on any atom is -0.316 e. The van der Waals surface area contributed by atoms with Gasteiger partial charge in [-0.05, 0) is 38.9 Å². The van der Waals surface area contributed by atoms with Crippen molar-refractivity contribution in [2.75, 3.05) is 39.8 Å². The summed E-state index contributed by atoms with van der Waals surface area (Å²) in [4.78, 5) is 2.42. The van der Waals surface area contributed by atoms with E-state index in [1.165, 1.54) is 45.6 Å². The van der Waals surface area contributed by atoms with E-state index >= 15 is 0 Å². The Morgan fingerprint density at radius 3 is 2.54 bits per heavy atom. The molecule has 0 bridgehead atoms. The summed E-state index contributed by atoms with van der Waals surface area (Å²) in [6, 6.07) is 0.789. The van der Waals surface area contributed by atoms with Crippen molar-refractivity contribution in [1.29, 1.82) is 0 Å². The molecule has 13 heavy (non-hydrogen) atoms. The van der Waals surface area contributed by atoms with Crippen molar-refractivity contribution < 1.29 is 0 Å². The van der Waals surface area contributed by atoms with Crippen molar-refractivity contribution in [3.05, 3.63) is 0 Å². The summed E-state index contributed by atoms with van der Waals surface area (Å²) >= 11 is 0. The van der Waals surface area contributed by atoms with E-state index in [2.05, 4.69) is 22.6 Å². The molecule has 0 spiro atoms. The van der Waals surface area contributed by atoms with Crippen molar-refractivity contribution in [3.8, 4) is 0 Å². The monoisotopic (exact) mass is 183 g/mol. The zero-order valence-electron chi connectivity index (χ0n) is 8.55. The highest BCUT2D eigenvalue weighted by Gasteiger charge is 2.20. The molecule has 0 aromatic rings. The molecule has 2 heterocycles. The largest absolute Gasteiger partial charge is 0.316 e. The van der Waals surface area contributed by atoms with Gasteiger partial charge in [-0.15, -0.1) is 0 Å². The molecule has 0 saturated carbocycles. The van der Waals surface area contributed by atoms with Crippen molar-refractivity contribution in [1.82, 2.24) is 15.5 Å². The number of likely N-dealkylation sites (tertiary alicyclic amines) is 1. The van der Waals surface area contributed by atoms with Crippen molar-refractivity contribution in [2.45, 2.75) is 18.9 Å². The van der Waals surface area contributed by atoms with Gasteiger partial charge in [0.1, 0.15) is 0 Å². The molecule has 0 amide bonds. The highest BCUT2D eigenvalue weighted by molar-refractivity contribution is 4.81. The minimum absolute atomic E-state index is 0.789. The average molecular weight is 183 g/mol. The minimum atomic E-state index is 0.789. The molecular formula is C10H21N3. The van der Waals surface area contributed by atoms with Crippen LogP contribution in [0.1, 0.15) is 12.8 Å². The molecule has 3 heteroatoms. The van der Waals surface area contributed by atoms with E-state index in [0.717, 1.165) is 12.0 Å². The van der Waals surface area contributed by atoms with Crippen LogP contribution in [0.3, 0.4) is 0 Å². The molecule has 0 unspecified atom stereocenters. The van der Waals surface area contributed by atoms with Crippen LogP contribution in [-0.4, -0.2) is 50.7 Å². The quantitative estimate of drug-likeness (QED) is 0.639. The lowest BCUT2D eigenvalue weighted by Gasteiger charge is -2.33. The zero-order chi connectivity index (χ0) is 9.10. The Balaban J connectivity index is 1.59. The number of nitrogens with zero attached hydrogens (tertiary/aromatic N) is 1. The van der Waals surface area contributed by atoms with E-state index in [9.17, 15) is 0 Å². The van der Waals surface area contributed by atoms with Gasteiger partial charge in [0.2, 0.25) is 0 Å². The van der Waals surface area contributed by atoms with E-state index in [1.807, 2.05) is 0 Å². The highest BCUT2D eigenvalue weighted by Crippen LogP contribution is 2.09. The van der Waals surface area contributed by atoms with Gasteiger partial charge in [-0.25, -0.2) is 0 Å². The van der Waals surface area contributed by atoms with Gasteiger partial charge in [0, 0.05) is 25.7 Å². The second-order valence-corrected chi connectivity index (χ2v) is 4.51. The first-order chi connectivity index (χ1) is 6.34. The standard InChI is InChI=1S/C10H21N3/c1-13-4-2-10(3-5-13)12-8-9-6-11-7-9/h9-12H,2-8H2,1H3. The normalized spacial score (nSPS) is 27.5. The summed E-state index contributed by atoms with van der Waals surface area (Å²) in [7, 11) is 2.21. The summed E-state index contributed by atoms with van der Waals surface area (Å²) in [6.45, 7) is 6.20. The first kappa shape index (κ1) is 9.44. The third-order valence-corrected chi connectivity index (χ3v) is 3.28. The maximum atomic E-state index is 3.68. The molecule has 76 valence electrons. The number of nitrogens with one attached hydrogen (secondary N) is 2. The topological polar surface area (TPSA) is 27.3 Å². The van der Waals surface area contributed by atoms with Crippen LogP contribution in [0.25, 0.3) is 0 Å². The summed E-state index contributed by atoms with van der Waals surface area (Å²) in [5.41, 5.74) is 0. The van der Waals surface area contributed by atoms with Gasteiger partial charge in [-0.1, -0.05) is 0 Å². The van der Waals surface area contributed by atoms with Gasteiger partial charge in [0.25, 0.3) is 0 Å². The van der Waals surface area contributed by atoms with Gasteiger partial charge >= 0.3 is 0 Å². The fourth-order valence-corrected chi connectivity index (χ4v) is 2.04. The number of rotatable bonds is 3. The molecule has 0 aliphatic carbocycles. The van der Waals surface area contributed by atoms with Gasteiger partial charge in [0.05, 0.1) is 0 Å². The second kappa shape index (κ2) is 4.40. The van der Waals surface area contributed by atoms with E-state index in [0.29, 0.717) is 0 Å². The smallest absolute Gasteiger partial charge is 0.00915 e. The molecular weight excluding hydrogens is 162 g/mol. The number of piperidine rings is 1. The predicted molar refractivity (Wildman–Crippen MR) is 54.9 cm³/mol. The Morgan fingerprint density at radius 1 is 1.31 bits per heavy atom. The van der Waals surface area contributed by atoms with Gasteiger partial charge in [-0.3, -0.25) is 0 Å². The van der Waals surface area contributed by atoms with Crippen LogP contribution in [0.2, 0.25) is 0 Å². The SMILES string of the molecule is CN1CCC(NCC2CNC2)CC1. The molecule has 2 aliphatic rings. The first-order valence-corrected chi connectivity index (χ1v) is 5.47. The Morgan fingerprint density at radius 2 is 2.00 bits per heavy atom. The maximum Gasteiger partial charge on any atom is 0.00915 e. The lowest BCUT2D eigenvalue weighted by atomic mass is 10.0. The Bertz CT molecular complexity index is 148. The van der Waals surface area contributed by atoms with Crippen molar-refractivity contribution in [3.63, 3.8) is 0 Å². The Hall–Kier alpha value is -0.120. The summed E-state index contributed by atoms with van der Waals surface area (Å²) < 4.78 is 0. The van der Waals surface area contributed by atoms with Gasteiger partial charge in [0.15, 0.2) is 0 Å². The Kier molecular flexibility index (Phi) is 3.19. The van der Waals surface area contributed by atoms with Crippen LogP contribution < -0.4 is 10.6 Å². The van der Waals surface area contributed by atoms with E-state index in [4.69, 9.17) is 0 Å². The number of hydrogen-bond acceptors (Lipinski definition) is 3. The van der Waals surface area contributed by atoms with Gasteiger partial charge in [-0.2, -0.15) is 0 Å². The van der Waals surface area contributed by atoms with Crippen LogP contribution >= 0.6 is 0 Å². The lowest BCUT2D eigenvalue weighted by Crippen LogP contribution is -2.50. The lowest BCUT2D eigenvalue weighted by molar-refractivity contribution is 0.221. The predicted octanol–water partition coefficient (Wildman–Crippen LogP) is -0.110. The fraction of sp³-hybridized carbons (Fsp3) is 1.00. The molecule has 0 atom stereocenters. The van der Waals surface area contributed by atoms with Gasteiger partial charge < -0.3 is 15.5 Å². The fourth-order valence-electron chi connectivity index (χ4n) is 2.04. The van der Waals surface area contributed by atoms with Crippen molar-refractivity contribution in [2.24, 2.45) is 5.92 Å². The molecule has 2 saturated heterocycles. The average Bonchev–Trinajstić information content (AvgIpc) is 2.05. The molecule has 0 radical (unpaired) electrons. The van der Waals surface area contributed by atoms with Crippen LogP contribution in [0.15, 0.2) is 0 Å². The molecule has 2 N–H and O–H groups in total. The van der Waals surface area contributed by atoms with E-state index in [1.54, 1.807) is 0 Å². The van der Waals surface area contributed by atoms with Crippen LogP contribution in [0, 0.1) is 5.92 Å². The Labute approximate surface area is 80.9 Å². The first-order valence-electron chi connectivity index (χ1n) is 5.47. The third kappa shape index (κ3) is 2.66. The van der Waals surface area contributed by atoms with Crippen LogP contribution in [0.4, 0.5) is 0 Å². The summed E-state index contributed by atoms with van der Waals surface area (Å²) in [5.74, 6) is 0.902.